The first-order valence-corrected chi connectivity index (χ1v) is 10.6. The predicted octanol–water partition coefficient (Wildman–Crippen LogP) is 1.80. The fraction of sp³-hybridized carbons (Fsp3) is 0.636. The van der Waals surface area contributed by atoms with Crippen molar-refractivity contribution in [2.24, 2.45) is 0 Å². The third-order valence-corrected chi connectivity index (χ3v) is 5.81. The Hall–Kier alpha value is -2.08. The molecule has 6 heteroatoms. The lowest BCUT2D eigenvalue weighted by molar-refractivity contribution is -0.896. The summed E-state index contributed by atoms with van der Waals surface area (Å²) in [6, 6.07) is 5.84. The number of hydrogen-bond acceptors (Lipinski definition) is 2. The summed E-state index contributed by atoms with van der Waals surface area (Å²) < 4.78 is 0. The van der Waals surface area contributed by atoms with Crippen LogP contribution in [-0.2, 0) is 4.79 Å². The summed E-state index contributed by atoms with van der Waals surface area (Å²) in [6.45, 7) is 14.5. The van der Waals surface area contributed by atoms with Crippen molar-refractivity contribution in [3.05, 3.63) is 29.3 Å². The number of amides is 3. The second-order valence-electron chi connectivity index (χ2n) is 8.04. The lowest BCUT2D eigenvalue weighted by atomic mass is 10.1. The molecule has 6 nitrogen and oxygen atoms in total. The summed E-state index contributed by atoms with van der Waals surface area (Å²) in [7, 11) is 0. The number of urea groups is 1. The van der Waals surface area contributed by atoms with Gasteiger partial charge >= 0.3 is 6.03 Å². The van der Waals surface area contributed by atoms with Gasteiger partial charge in [-0.3, -0.25) is 4.79 Å². The second kappa shape index (κ2) is 10.5. The summed E-state index contributed by atoms with van der Waals surface area (Å²) in [5.41, 5.74) is 3.28. The highest BCUT2D eigenvalue weighted by molar-refractivity contribution is 5.96. The molecule has 0 radical (unpaired) electrons. The van der Waals surface area contributed by atoms with Gasteiger partial charge in [-0.05, 0) is 70.7 Å². The molecule has 3 amide bonds. The zero-order chi connectivity index (χ0) is 20.7. The summed E-state index contributed by atoms with van der Waals surface area (Å²) in [5, 5.41) is 5.98. The van der Waals surface area contributed by atoms with Crippen molar-refractivity contribution < 1.29 is 14.5 Å². The van der Waals surface area contributed by atoms with Gasteiger partial charge in [0.2, 0.25) is 5.91 Å². The van der Waals surface area contributed by atoms with E-state index in [2.05, 4.69) is 31.4 Å². The van der Waals surface area contributed by atoms with Gasteiger partial charge in [0.15, 0.2) is 0 Å². The third-order valence-electron chi connectivity index (χ3n) is 5.81. The fourth-order valence-electron chi connectivity index (χ4n) is 3.73. The molecular formula is C22H37N4O2+. The van der Waals surface area contributed by atoms with Crippen molar-refractivity contribution >= 4 is 17.6 Å². The molecule has 1 saturated heterocycles. The average Bonchev–Trinajstić information content (AvgIpc) is 3.01. The Morgan fingerprint density at radius 2 is 1.96 bits per heavy atom. The normalized spacial score (nSPS) is 17.9. The van der Waals surface area contributed by atoms with Crippen LogP contribution in [0.3, 0.4) is 0 Å². The quantitative estimate of drug-likeness (QED) is 0.603. The van der Waals surface area contributed by atoms with E-state index in [0.29, 0.717) is 13.0 Å². The molecule has 1 aromatic carbocycles. The second-order valence-corrected chi connectivity index (χ2v) is 8.04. The molecule has 0 saturated carbocycles. The molecule has 2 atom stereocenters. The highest BCUT2D eigenvalue weighted by atomic mass is 16.2. The molecule has 0 aliphatic carbocycles. The molecule has 0 aromatic heterocycles. The lowest BCUT2D eigenvalue weighted by Gasteiger charge is -2.20. The summed E-state index contributed by atoms with van der Waals surface area (Å²) in [6.07, 6.45) is 2.41. The van der Waals surface area contributed by atoms with Crippen LogP contribution in [0.2, 0.25) is 0 Å². The lowest BCUT2D eigenvalue weighted by Crippen LogP contribution is -3.11. The number of carbonyl (C=O) groups is 2. The highest BCUT2D eigenvalue weighted by Crippen LogP contribution is 2.24. The number of hydrogen-bond donors (Lipinski definition) is 3. The monoisotopic (exact) mass is 389 g/mol. The van der Waals surface area contributed by atoms with Crippen LogP contribution in [0.5, 0.6) is 0 Å². The van der Waals surface area contributed by atoms with E-state index in [1.807, 2.05) is 32.0 Å². The molecule has 1 aliphatic heterocycles. The van der Waals surface area contributed by atoms with Gasteiger partial charge in [-0.1, -0.05) is 6.07 Å². The van der Waals surface area contributed by atoms with E-state index in [9.17, 15) is 9.59 Å². The summed E-state index contributed by atoms with van der Waals surface area (Å²) in [4.78, 5) is 28.1. The number of benzene rings is 1. The molecule has 1 fully saturated rings. The van der Waals surface area contributed by atoms with Crippen LogP contribution >= 0.6 is 0 Å². The van der Waals surface area contributed by atoms with Crippen molar-refractivity contribution in [2.75, 3.05) is 31.1 Å². The van der Waals surface area contributed by atoms with Gasteiger partial charge in [-0.2, -0.15) is 0 Å². The first-order chi connectivity index (χ1) is 13.3. The maximum absolute atomic E-state index is 12.4. The number of quaternary nitrogens is 1. The topological polar surface area (TPSA) is 65.9 Å². The molecule has 1 aromatic rings. The molecule has 0 bridgehead atoms. The summed E-state index contributed by atoms with van der Waals surface area (Å²) in [5.74, 6) is 0.0591. The number of rotatable bonds is 9. The van der Waals surface area contributed by atoms with Crippen LogP contribution < -0.4 is 20.4 Å². The van der Waals surface area contributed by atoms with E-state index in [1.165, 1.54) is 11.1 Å². The molecule has 156 valence electrons. The molecule has 0 spiro atoms. The highest BCUT2D eigenvalue weighted by Gasteiger charge is 2.31. The Morgan fingerprint density at radius 1 is 1.25 bits per heavy atom. The smallest absolute Gasteiger partial charge is 0.315 e. The van der Waals surface area contributed by atoms with Gasteiger partial charge in [-0.15, -0.1) is 0 Å². The molecule has 1 aliphatic rings. The Kier molecular flexibility index (Phi) is 8.30. The molecule has 0 unspecified atom stereocenters. The predicted molar refractivity (Wildman–Crippen MR) is 114 cm³/mol. The van der Waals surface area contributed by atoms with E-state index >= 15 is 0 Å². The van der Waals surface area contributed by atoms with Gasteiger partial charge in [0.25, 0.3) is 0 Å². The number of carbonyl (C=O) groups excluding carboxylic acids is 2. The maximum atomic E-state index is 12.4. The Bertz CT molecular complexity index is 673. The molecule has 2 rings (SSSR count). The molecule has 1 heterocycles. The van der Waals surface area contributed by atoms with Crippen molar-refractivity contribution in [2.45, 2.75) is 66.0 Å². The van der Waals surface area contributed by atoms with Crippen LogP contribution in [0.15, 0.2) is 18.2 Å². The minimum Gasteiger partial charge on any atom is -0.336 e. The molecule has 3 N–H and O–H groups in total. The van der Waals surface area contributed by atoms with E-state index < -0.39 is 0 Å². The Labute approximate surface area is 169 Å². The van der Waals surface area contributed by atoms with Crippen molar-refractivity contribution in [1.82, 2.24) is 10.6 Å². The van der Waals surface area contributed by atoms with Crippen molar-refractivity contribution in [3.63, 3.8) is 0 Å². The zero-order valence-electron chi connectivity index (χ0n) is 18.1. The van der Waals surface area contributed by atoms with Crippen LogP contribution in [-0.4, -0.2) is 50.2 Å². The average molecular weight is 390 g/mol. The third kappa shape index (κ3) is 6.23. The molecular weight excluding hydrogens is 352 g/mol. The SMILES string of the molecule is CC[NH+](CC)CCC[C@H](C)NC(=O)N[C@H]1CC(=O)N(c2ccc(C)c(C)c2)C1. The minimum atomic E-state index is -0.178. The number of nitrogens with one attached hydrogen (secondary N) is 3. The van der Waals surface area contributed by atoms with Crippen LogP contribution in [0.1, 0.15) is 51.2 Å². The minimum absolute atomic E-state index is 0.0591. The van der Waals surface area contributed by atoms with Gasteiger partial charge in [-0.25, -0.2) is 4.79 Å². The van der Waals surface area contributed by atoms with Crippen LogP contribution in [0.4, 0.5) is 10.5 Å². The largest absolute Gasteiger partial charge is 0.336 e. The van der Waals surface area contributed by atoms with E-state index in [0.717, 1.165) is 38.2 Å². The number of anilines is 1. The van der Waals surface area contributed by atoms with Gasteiger partial charge < -0.3 is 20.4 Å². The number of nitrogens with zero attached hydrogens (tertiary/aromatic N) is 1. The van der Waals surface area contributed by atoms with Gasteiger partial charge in [0, 0.05) is 24.7 Å². The number of aryl methyl sites for hydroxylation is 2. The first kappa shape index (κ1) is 22.2. The van der Waals surface area contributed by atoms with Crippen molar-refractivity contribution in [1.29, 1.82) is 0 Å². The summed E-state index contributed by atoms with van der Waals surface area (Å²) >= 11 is 0. The zero-order valence-corrected chi connectivity index (χ0v) is 18.1. The van der Waals surface area contributed by atoms with Gasteiger partial charge in [0.05, 0.1) is 25.7 Å². The standard InChI is InChI=1S/C22H36N4O2/c1-6-25(7-2)12-8-9-18(5)23-22(28)24-19-14-21(27)26(15-19)20-11-10-16(3)17(4)13-20/h10-11,13,18-19H,6-9,12,14-15H2,1-5H3,(H2,23,24,28)/p+1/t18-,19-/m0/s1. The van der Waals surface area contributed by atoms with E-state index in [-0.39, 0.29) is 24.0 Å². The fourth-order valence-corrected chi connectivity index (χ4v) is 3.73. The Balaban J connectivity index is 1.78. The maximum Gasteiger partial charge on any atom is 0.315 e. The van der Waals surface area contributed by atoms with Crippen LogP contribution in [0.25, 0.3) is 0 Å². The first-order valence-electron chi connectivity index (χ1n) is 10.6. The molecule has 28 heavy (non-hydrogen) atoms. The van der Waals surface area contributed by atoms with E-state index in [1.54, 1.807) is 9.80 Å². The van der Waals surface area contributed by atoms with Crippen molar-refractivity contribution in [3.8, 4) is 0 Å². The van der Waals surface area contributed by atoms with Gasteiger partial charge in [0.1, 0.15) is 0 Å². The van der Waals surface area contributed by atoms with E-state index in [4.69, 9.17) is 0 Å². The van der Waals surface area contributed by atoms with Crippen LogP contribution in [0, 0.1) is 13.8 Å². The Morgan fingerprint density at radius 3 is 2.61 bits per heavy atom.